The molecule has 1 rings (SSSR count). The fraction of sp³-hybridized carbons (Fsp3) is 0.917. The number of hydrogen-bond acceptors (Lipinski definition) is 3. The van der Waals surface area contributed by atoms with Gasteiger partial charge < -0.3 is 10.0 Å². The van der Waals surface area contributed by atoms with Crippen LogP contribution in [0.5, 0.6) is 0 Å². The predicted molar refractivity (Wildman–Crippen MR) is 64.2 cm³/mol. The first-order valence-electron chi connectivity index (χ1n) is 6.20. The lowest BCUT2D eigenvalue weighted by Gasteiger charge is -2.32. The van der Waals surface area contributed by atoms with E-state index in [2.05, 4.69) is 0 Å². The maximum atomic E-state index is 11.9. The SMILES string of the molecule is CN(CCO)CC(=O)N(C)C1CCCCC1. The number of likely N-dealkylation sites (N-methyl/N-ethyl adjacent to an activating group) is 2. The van der Waals surface area contributed by atoms with E-state index >= 15 is 0 Å². The van der Waals surface area contributed by atoms with Crippen molar-refractivity contribution < 1.29 is 9.90 Å². The van der Waals surface area contributed by atoms with Crippen LogP contribution >= 0.6 is 0 Å². The molecule has 1 aliphatic carbocycles. The van der Waals surface area contributed by atoms with E-state index in [0.717, 1.165) is 12.8 Å². The van der Waals surface area contributed by atoms with Gasteiger partial charge in [0.25, 0.3) is 0 Å². The molecular weight excluding hydrogens is 204 g/mol. The Balaban J connectivity index is 2.34. The van der Waals surface area contributed by atoms with E-state index in [1.807, 2.05) is 23.9 Å². The molecule has 0 atom stereocenters. The van der Waals surface area contributed by atoms with Crippen LogP contribution in [0.15, 0.2) is 0 Å². The number of amides is 1. The second-order valence-corrected chi connectivity index (χ2v) is 4.76. The van der Waals surface area contributed by atoms with Crippen molar-refractivity contribution in [1.29, 1.82) is 0 Å². The zero-order valence-corrected chi connectivity index (χ0v) is 10.5. The van der Waals surface area contributed by atoms with Gasteiger partial charge in [0.15, 0.2) is 0 Å². The Morgan fingerprint density at radius 1 is 1.25 bits per heavy atom. The van der Waals surface area contributed by atoms with Crippen LogP contribution in [0.1, 0.15) is 32.1 Å². The van der Waals surface area contributed by atoms with Crippen LogP contribution in [0.2, 0.25) is 0 Å². The monoisotopic (exact) mass is 228 g/mol. The molecule has 94 valence electrons. The highest BCUT2D eigenvalue weighted by Crippen LogP contribution is 2.21. The topological polar surface area (TPSA) is 43.8 Å². The molecule has 0 aromatic rings. The van der Waals surface area contributed by atoms with E-state index in [4.69, 9.17) is 5.11 Å². The summed E-state index contributed by atoms with van der Waals surface area (Å²) in [6.45, 7) is 1.08. The van der Waals surface area contributed by atoms with Crippen molar-refractivity contribution in [3.05, 3.63) is 0 Å². The molecule has 16 heavy (non-hydrogen) atoms. The largest absolute Gasteiger partial charge is 0.395 e. The van der Waals surface area contributed by atoms with Gasteiger partial charge in [-0.05, 0) is 19.9 Å². The normalized spacial score (nSPS) is 17.8. The summed E-state index contributed by atoms with van der Waals surface area (Å²) in [6, 6.07) is 0.434. The average Bonchev–Trinajstić information content (AvgIpc) is 2.29. The fourth-order valence-corrected chi connectivity index (χ4v) is 2.26. The van der Waals surface area contributed by atoms with Gasteiger partial charge in [-0.15, -0.1) is 0 Å². The second-order valence-electron chi connectivity index (χ2n) is 4.76. The predicted octanol–water partition coefficient (Wildman–Crippen LogP) is 0.702. The molecule has 0 aromatic heterocycles. The Hall–Kier alpha value is -0.610. The standard InChI is InChI=1S/C12H24N2O2/c1-13(8-9-15)10-12(16)14(2)11-6-4-3-5-7-11/h11,15H,3-10H2,1-2H3. The van der Waals surface area contributed by atoms with Crippen LogP contribution in [0.3, 0.4) is 0 Å². The third-order valence-electron chi connectivity index (χ3n) is 3.40. The molecule has 1 fully saturated rings. The molecular formula is C12H24N2O2. The smallest absolute Gasteiger partial charge is 0.236 e. The van der Waals surface area contributed by atoms with Crippen molar-refractivity contribution in [1.82, 2.24) is 9.80 Å². The van der Waals surface area contributed by atoms with Crippen molar-refractivity contribution in [2.75, 3.05) is 33.8 Å². The van der Waals surface area contributed by atoms with Crippen molar-refractivity contribution in [2.45, 2.75) is 38.1 Å². The summed E-state index contributed by atoms with van der Waals surface area (Å²) >= 11 is 0. The molecule has 4 nitrogen and oxygen atoms in total. The van der Waals surface area contributed by atoms with Crippen LogP contribution in [0.4, 0.5) is 0 Å². The summed E-state index contributed by atoms with van der Waals surface area (Å²) in [7, 11) is 3.77. The van der Waals surface area contributed by atoms with Crippen LogP contribution in [0, 0.1) is 0 Å². The average molecular weight is 228 g/mol. The third-order valence-corrected chi connectivity index (χ3v) is 3.40. The highest BCUT2D eigenvalue weighted by atomic mass is 16.3. The van der Waals surface area contributed by atoms with Crippen LogP contribution in [-0.2, 0) is 4.79 Å². The van der Waals surface area contributed by atoms with Gasteiger partial charge in [-0.25, -0.2) is 0 Å². The summed E-state index contributed by atoms with van der Waals surface area (Å²) in [5.74, 6) is 0.169. The van der Waals surface area contributed by atoms with Crippen LogP contribution in [-0.4, -0.2) is 60.6 Å². The van der Waals surface area contributed by atoms with E-state index in [1.165, 1.54) is 19.3 Å². The van der Waals surface area contributed by atoms with E-state index in [0.29, 0.717) is 19.1 Å². The second kappa shape index (κ2) is 6.86. The van der Waals surface area contributed by atoms with Gasteiger partial charge in [-0.3, -0.25) is 9.69 Å². The van der Waals surface area contributed by atoms with Gasteiger partial charge in [-0.1, -0.05) is 19.3 Å². The highest BCUT2D eigenvalue weighted by Gasteiger charge is 2.22. The van der Waals surface area contributed by atoms with Crippen molar-refractivity contribution in [3.8, 4) is 0 Å². The summed E-state index contributed by atoms with van der Waals surface area (Å²) < 4.78 is 0. The van der Waals surface area contributed by atoms with Gasteiger partial charge in [0.2, 0.25) is 5.91 Å². The number of carbonyl (C=O) groups excluding carboxylic acids is 1. The first-order chi connectivity index (χ1) is 7.65. The first kappa shape index (κ1) is 13.5. The number of carbonyl (C=O) groups is 1. The van der Waals surface area contributed by atoms with Crippen LogP contribution < -0.4 is 0 Å². The Kier molecular flexibility index (Phi) is 5.77. The minimum atomic E-state index is 0.108. The number of aliphatic hydroxyl groups excluding tert-OH is 1. The third kappa shape index (κ3) is 4.10. The molecule has 1 aliphatic rings. The molecule has 0 unspecified atom stereocenters. The van der Waals surface area contributed by atoms with Crippen molar-refractivity contribution >= 4 is 5.91 Å². The quantitative estimate of drug-likeness (QED) is 0.753. The Morgan fingerprint density at radius 3 is 2.44 bits per heavy atom. The zero-order valence-electron chi connectivity index (χ0n) is 10.5. The minimum absolute atomic E-state index is 0.108. The summed E-state index contributed by atoms with van der Waals surface area (Å²) in [5, 5.41) is 8.77. The number of nitrogens with zero attached hydrogens (tertiary/aromatic N) is 2. The molecule has 0 radical (unpaired) electrons. The lowest BCUT2D eigenvalue weighted by atomic mass is 9.94. The van der Waals surface area contributed by atoms with Crippen molar-refractivity contribution in [2.24, 2.45) is 0 Å². The van der Waals surface area contributed by atoms with Gasteiger partial charge in [0.1, 0.15) is 0 Å². The highest BCUT2D eigenvalue weighted by molar-refractivity contribution is 5.78. The minimum Gasteiger partial charge on any atom is -0.395 e. The van der Waals surface area contributed by atoms with Gasteiger partial charge >= 0.3 is 0 Å². The molecule has 1 saturated carbocycles. The van der Waals surface area contributed by atoms with Crippen molar-refractivity contribution in [3.63, 3.8) is 0 Å². The summed E-state index contributed by atoms with van der Waals surface area (Å²) in [4.78, 5) is 15.7. The number of rotatable bonds is 5. The Bertz CT molecular complexity index is 215. The van der Waals surface area contributed by atoms with E-state index in [9.17, 15) is 4.79 Å². The van der Waals surface area contributed by atoms with Gasteiger partial charge in [-0.2, -0.15) is 0 Å². The fourth-order valence-electron chi connectivity index (χ4n) is 2.26. The van der Waals surface area contributed by atoms with Gasteiger partial charge in [0.05, 0.1) is 13.2 Å². The molecule has 0 bridgehead atoms. The summed E-state index contributed by atoms with van der Waals surface area (Å²) in [6.07, 6.45) is 6.09. The van der Waals surface area contributed by atoms with Crippen LogP contribution in [0.25, 0.3) is 0 Å². The lowest BCUT2D eigenvalue weighted by Crippen LogP contribution is -2.43. The zero-order chi connectivity index (χ0) is 12.0. The van der Waals surface area contributed by atoms with E-state index in [1.54, 1.807) is 0 Å². The molecule has 0 aliphatic heterocycles. The molecule has 0 aromatic carbocycles. The molecule has 1 amide bonds. The van der Waals surface area contributed by atoms with E-state index < -0.39 is 0 Å². The maximum absolute atomic E-state index is 11.9. The maximum Gasteiger partial charge on any atom is 0.236 e. The molecule has 4 heteroatoms. The number of hydrogen-bond donors (Lipinski definition) is 1. The molecule has 0 saturated heterocycles. The Morgan fingerprint density at radius 2 is 1.88 bits per heavy atom. The van der Waals surface area contributed by atoms with E-state index in [-0.39, 0.29) is 12.5 Å². The molecule has 0 spiro atoms. The number of aliphatic hydroxyl groups is 1. The van der Waals surface area contributed by atoms with Gasteiger partial charge in [0, 0.05) is 19.6 Å². The first-order valence-corrected chi connectivity index (χ1v) is 6.20. The lowest BCUT2D eigenvalue weighted by molar-refractivity contribution is -0.133. The molecule has 0 heterocycles. The molecule has 1 N–H and O–H groups in total. The Labute approximate surface area is 98.2 Å². The summed E-state index contributed by atoms with van der Waals surface area (Å²) in [5.41, 5.74) is 0.